The van der Waals surface area contributed by atoms with Crippen molar-refractivity contribution < 1.29 is 19.1 Å². The van der Waals surface area contributed by atoms with Gasteiger partial charge in [-0.3, -0.25) is 4.79 Å². The topological polar surface area (TPSA) is 64.6 Å². The van der Waals surface area contributed by atoms with Crippen LogP contribution < -0.4 is 10.1 Å². The van der Waals surface area contributed by atoms with Gasteiger partial charge in [-0.1, -0.05) is 42.0 Å². The molecule has 0 aliphatic carbocycles. The van der Waals surface area contributed by atoms with Gasteiger partial charge in [0.2, 0.25) is 0 Å². The van der Waals surface area contributed by atoms with Gasteiger partial charge in [-0.25, -0.2) is 4.79 Å². The number of rotatable bonds is 7. The summed E-state index contributed by atoms with van der Waals surface area (Å²) in [5, 5.41) is 2.78. The summed E-state index contributed by atoms with van der Waals surface area (Å²) >= 11 is 0. The minimum Gasteiger partial charge on any atom is -0.496 e. The fourth-order valence-electron chi connectivity index (χ4n) is 2.38. The molecule has 1 N–H and O–H groups in total. The Morgan fingerprint density at radius 1 is 1.12 bits per heavy atom. The second kappa shape index (κ2) is 8.87. The van der Waals surface area contributed by atoms with Crippen LogP contribution in [0.1, 0.15) is 28.4 Å². The van der Waals surface area contributed by atoms with Gasteiger partial charge in [0, 0.05) is 6.54 Å². The summed E-state index contributed by atoms with van der Waals surface area (Å²) in [5.74, 6) is -0.477. The van der Waals surface area contributed by atoms with Crippen molar-refractivity contribution in [3.8, 4) is 5.75 Å². The first-order valence-electron chi connectivity index (χ1n) is 8.18. The van der Waals surface area contributed by atoms with Gasteiger partial charge in [0.15, 0.2) is 6.10 Å². The molecule has 2 aromatic carbocycles. The molecule has 25 heavy (non-hydrogen) atoms. The third-order valence-electron chi connectivity index (χ3n) is 3.78. The fraction of sp³-hybridized carbons (Fsp3) is 0.300. The molecule has 0 aliphatic rings. The summed E-state index contributed by atoms with van der Waals surface area (Å²) in [5.41, 5.74) is 2.36. The number of ether oxygens (including phenoxy) is 2. The standard InChI is InChI=1S/C20H23NO4/c1-14-9-10-18(24-3)17(13-14)20(23)25-15(2)19(22)21-12-11-16-7-5-4-6-8-16/h4-10,13,15H,11-12H2,1-3H3,(H,21,22)/t15-/m0/s1. The molecule has 0 fully saturated rings. The third kappa shape index (κ3) is 5.35. The Kier molecular flexibility index (Phi) is 6.57. The van der Waals surface area contributed by atoms with Crippen LogP contribution in [0.3, 0.4) is 0 Å². The second-order valence-corrected chi connectivity index (χ2v) is 5.78. The number of carbonyl (C=O) groups excluding carboxylic acids is 2. The van der Waals surface area contributed by atoms with Crippen molar-refractivity contribution in [3.63, 3.8) is 0 Å². The monoisotopic (exact) mass is 341 g/mol. The molecule has 1 amide bonds. The van der Waals surface area contributed by atoms with Crippen molar-refractivity contribution in [3.05, 3.63) is 65.2 Å². The van der Waals surface area contributed by atoms with Crippen molar-refractivity contribution in [1.82, 2.24) is 5.32 Å². The summed E-state index contributed by atoms with van der Waals surface area (Å²) in [4.78, 5) is 24.4. The first-order chi connectivity index (χ1) is 12.0. The maximum Gasteiger partial charge on any atom is 0.342 e. The Balaban J connectivity index is 1.88. The molecule has 0 aliphatic heterocycles. The van der Waals surface area contributed by atoms with Gasteiger partial charge >= 0.3 is 5.97 Å². The van der Waals surface area contributed by atoms with E-state index in [2.05, 4.69) is 5.32 Å². The molecule has 0 radical (unpaired) electrons. The van der Waals surface area contributed by atoms with Crippen LogP contribution in [0.5, 0.6) is 5.75 Å². The molecular formula is C20H23NO4. The highest BCUT2D eigenvalue weighted by Gasteiger charge is 2.21. The van der Waals surface area contributed by atoms with Crippen LogP contribution in [0.4, 0.5) is 0 Å². The summed E-state index contributed by atoms with van der Waals surface area (Å²) in [6, 6.07) is 15.1. The summed E-state index contributed by atoms with van der Waals surface area (Å²) in [6.07, 6.45) is -0.160. The van der Waals surface area contributed by atoms with Crippen LogP contribution >= 0.6 is 0 Å². The Hall–Kier alpha value is -2.82. The lowest BCUT2D eigenvalue weighted by Gasteiger charge is -2.15. The van der Waals surface area contributed by atoms with E-state index in [1.54, 1.807) is 19.1 Å². The Labute approximate surface area is 148 Å². The van der Waals surface area contributed by atoms with Crippen molar-refractivity contribution in [1.29, 1.82) is 0 Å². The molecule has 2 rings (SSSR count). The number of methoxy groups -OCH3 is 1. The SMILES string of the molecule is COc1ccc(C)cc1C(=O)O[C@@H](C)C(=O)NCCc1ccccc1. The fourth-order valence-corrected chi connectivity index (χ4v) is 2.38. The average Bonchev–Trinajstić information content (AvgIpc) is 2.62. The number of hydrogen-bond donors (Lipinski definition) is 1. The van der Waals surface area contributed by atoms with Gasteiger partial charge in [0.05, 0.1) is 7.11 Å². The number of nitrogens with one attached hydrogen (secondary N) is 1. The van der Waals surface area contributed by atoms with Crippen molar-refractivity contribution in [2.75, 3.05) is 13.7 Å². The Morgan fingerprint density at radius 2 is 1.84 bits per heavy atom. The highest BCUT2D eigenvalue weighted by atomic mass is 16.5. The lowest BCUT2D eigenvalue weighted by atomic mass is 10.1. The van der Waals surface area contributed by atoms with Gasteiger partial charge in [-0.15, -0.1) is 0 Å². The molecule has 0 saturated heterocycles. The Morgan fingerprint density at radius 3 is 2.52 bits per heavy atom. The van der Waals surface area contributed by atoms with Crippen LogP contribution in [0.25, 0.3) is 0 Å². The highest BCUT2D eigenvalue weighted by Crippen LogP contribution is 2.21. The summed E-state index contributed by atoms with van der Waals surface area (Å²) in [6.45, 7) is 3.91. The maximum atomic E-state index is 12.3. The normalized spacial score (nSPS) is 11.5. The van der Waals surface area contributed by atoms with E-state index >= 15 is 0 Å². The van der Waals surface area contributed by atoms with Crippen LogP contribution in [0, 0.1) is 6.92 Å². The molecular weight excluding hydrogens is 318 g/mol. The molecule has 5 nitrogen and oxygen atoms in total. The minimum atomic E-state index is -0.881. The van der Waals surface area contributed by atoms with Crippen LogP contribution in [-0.2, 0) is 16.0 Å². The number of carbonyl (C=O) groups is 2. The van der Waals surface area contributed by atoms with Gasteiger partial charge in [-0.2, -0.15) is 0 Å². The van der Waals surface area contributed by atoms with E-state index < -0.39 is 12.1 Å². The van der Waals surface area contributed by atoms with E-state index in [1.165, 1.54) is 7.11 Å². The molecule has 0 heterocycles. The number of benzene rings is 2. The minimum absolute atomic E-state index is 0.312. The zero-order valence-corrected chi connectivity index (χ0v) is 14.7. The smallest absolute Gasteiger partial charge is 0.342 e. The van der Waals surface area contributed by atoms with Crippen LogP contribution in [0.15, 0.2) is 48.5 Å². The van der Waals surface area contributed by atoms with Gasteiger partial charge in [0.25, 0.3) is 5.91 Å². The molecule has 0 aromatic heterocycles. The average molecular weight is 341 g/mol. The van der Waals surface area contributed by atoms with E-state index in [1.807, 2.05) is 43.3 Å². The number of hydrogen-bond acceptors (Lipinski definition) is 4. The predicted octanol–water partition coefficient (Wildman–Crippen LogP) is 2.91. The van der Waals surface area contributed by atoms with E-state index in [4.69, 9.17) is 9.47 Å². The molecule has 132 valence electrons. The molecule has 2 aromatic rings. The quantitative estimate of drug-likeness (QED) is 0.787. The zero-order valence-electron chi connectivity index (χ0n) is 14.7. The Bertz CT molecular complexity index is 728. The van der Waals surface area contributed by atoms with E-state index in [0.717, 1.165) is 17.5 Å². The molecule has 0 spiro atoms. The molecule has 5 heteroatoms. The van der Waals surface area contributed by atoms with Crippen LogP contribution in [-0.4, -0.2) is 31.6 Å². The van der Waals surface area contributed by atoms with Crippen molar-refractivity contribution >= 4 is 11.9 Å². The van der Waals surface area contributed by atoms with E-state index in [9.17, 15) is 9.59 Å². The first-order valence-corrected chi connectivity index (χ1v) is 8.18. The molecule has 0 saturated carbocycles. The lowest BCUT2D eigenvalue weighted by Crippen LogP contribution is -2.37. The number of esters is 1. The van der Waals surface area contributed by atoms with Gasteiger partial charge in [0.1, 0.15) is 11.3 Å². The van der Waals surface area contributed by atoms with E-state index in [0.29, 0.717) is 17.9 Å². The van der Waals surface area contributed by atoms with Gasteiger partial charge < -0.3 is 14.8 Å². The van der Waals surface area contributed by atoms with Crippen molar-refractivity contribution in [2.24, 2.45) is 0 Å². The largest absolute Gasteiger partial charge is 0.496 e. The zero-order chi connectivity index (χ0) is 18.2. The highest BCUT2D eigenvalue weighted by molar-refractivity contribution is 5.94. The first kappa shape index (κ1) is 18.5. The lowest BCUT2D eigenvalue weighted by molar-refractivity contribution is -0.129. The second-order valence-electron chi connectivity index (χ2n) is 5.78. The van der Waals surface area contributed by atoms with Crippen molar-refractivity contribution in [2.45, 2.75) is 26.4 Å². The third-order valence-corrected chi connectivity index (χ3v) is 3.78. The number of amides is 1. The summed E-state index contributed by atoms with van der Waals surface area (Å²) in [7, 11) is 1.49. The maximum absolute atomic E-state index is 12.3. The molecule has 0 unspecified atom stereocenters. The number of aryl methyl sites for hydroxylation is 1. The van der Waals surface area contributed by atoms with Crippen LogP contribution in [0.2, 0.25) is 0 Å². The van der Waals surface area contributed by atoms with Gasteiger partial charge in [-0.05, 0) is 38.0 Å². The predicted molar refractivity (Wildman–Crippen MR) is 95.8 cm³/mol. The molecule has 1 atom stereocenters. The summed E-state index contributed by atoms with van der Waals surface area (Å²) < 4.78 is 10.4. The molecule has 0 bridgehead atoms. The van der Waals surface area contributed by atoms with E-state index in [-0.39, 0.29) is 5.91 Å².